The number of rotatable bonds is 9. The molecule has 0 radical (unpaired) electrons. The Labute approximate surface area is 168 Å². The Kier molecular flexibility index (Phi) is 6.75. The Morgan fingerprint density at radius 1 is 1.03 bits per heavy atom. The molecule has 1 aliphatic heterocycles. The minimum Gasteiger partial charge on any atom is -0.490 e. The highest BCUT2D eigenvalue weighted by Gasteiger charge is 2.45. The first kappa shape index (κ1) is 20.7. The first-order valence-electron chi connectivity index (χ1n) is 9.31. The van der Waals surface area contributed by atoms with Crippen molar-refractivity contribution in [3.8, 4) is 18.1 Å². The highest BCUT2D eigenvalue weighted by molar-refractivity contribution is 6.24. The zero-order chi connectivity index (χ0) is 20.8. The zero-order valence-electron chi connectivity index (χ0n) is 15.8. The van der Waals surface area contributed by atoms with Crippen LogP contribution in [-0.2, 0) is 19.1 Å². The maximum absolute atomic E-state index is 12.9. The molecule has 29 heavy (non-hydrogen) atoms. The third kappa shape index (κ3) is 4.53. The van der Waals surface area contributed by atoms with Gasteiger partial charge in [-0.1, -0.05) is 12.0 Å². The van der Waals surface area contributed by atoms with E-state index in [0.29, 0.717) is 13.2 Å². The fourth-order valence-electron chi connectivity index (χ4n) is 3.37. The summed E-state index contributed by atoms with van der Waals surface area (Å²) in [5, 5.41) is 0. The fourth-order valence-corrected chi connectivity index (χ4v) is 3.37. The average molecular weight is 399 g/mol. The highest BCUT2D eigenvalue weighted by Crippen LogP contribution is 2.34. The van der Waals surface area contributed by atoms with E-state index in [-0.39, 0.29) is 61.7 Å². The summed E-state index contributed by atoms with van der Waals surface area (Å²) in [6.45, 7) is 1.37. The van der Waals surface area contributed by atoms with Gasteiger partial charge in [-0.15, -0.1) is 6.42 Å². The van der Waals surface area contributed by atoms with Crippen molar-refractivity contribution in [3.63, 3.8) is 0 Å². The monoisotopic (exact) mass is 399 g/mol. The van der Waals surface area contributed by atoms with E-state index >= 15 is 0 Å². The van der Waals surface area contributed by atoms with E-state index in [4.69, 9.17) is 20.6 Å². The molecule has 1 fully saturated rings. The van der Waals surface area contributed by atoms with Crippen LogP contribution in [0.15, 0.2) is 18.2 Å². The molecule has 2 amide bonds. The molecule has 0 N–H and O–H groups in total. The van der Waals surface area contributed by atoms with Gasteiger partial charge in [-0.2, -0.15) is 0 Å². The molecule has 2 aliphatic rings. The van der Waals surface area contributed by atoms with Gasteiger partial charge in [0.25, 0.3) is 11.8 Å². The first-order valence-corrected chi connectivity index (χ1v) is 9.31. The third-order valence-electron chi connectivity index (χ3n) is 4.70. The maximum Gasteiger partial charge on any atom is 0.266 e. The number of carbonyl (C=O) groups is 4. The van der Waals surface area contributed by atoms with E-state index in [1.165, 1.54) is 6.07 Å². The van der Waals surface area contributed by atoms with Crippen LogP contribution in [0.5, 0.6) is 5.75 Å². The van der Waals surface area contributed by atoms with Gasteiger partial charge in [0.1, 0.15) is 24.7 Å². The number of benzene rings is 1. The summed E-state index contributed by atoms with van der Waals surface area (Å²) >= 11 is 0. The predicted octanol–water partition coefficient (Wildman–Crippen LogP) is 1.02. The van der Waals surface area contributed by atoms with E-state index in [9.17, 15) is 19.2 Å². The van der Waals surface area contributed by atoms with Crippen LogP contribution >= 0.6 is 0 Å². The minimum atomic E-state index is -0.903. The molecule has 152 valence electrons. The number of hydrogen-bond acceptors (Lipinski definition) is 7. The number of carbonyl (C=O) groups excluding carboxylic acids is 4. The molecule has 1 atom stereocenters. The largest absolute Gasteiger partial charge is 0.490 e. The Morgan fingerprint density at radius 2 is 1.79 bits per heavy atom. The lowest BCUT2D eigenvalue weighted by Crippen LogP contribution is -2.47. The standard InChI is InChI=1S/C21H21NO7/c1-2-8-27-9-10-28-11-12-29-18-5-3-4-15-19(18)21(26)22(20(15)25)16-7-6-14(23)13-17(16)24/h1,3-5,16H,6-13H2. The second-order valence-electron chi connectivity index (χ2n) is 6.61. The molecule has 8 heteroatoms. The summed E-state index contributed by atoms with van der Waals surface area (Å²) in [4.78, 5) is 50.3. The molecule has 1 heterocycles. The summed E-state index contributed by atoms with van der Waals surface area (Å²) < 4.78 is 16.1. The number of Topliss-reactive ketones (excluding diaryl/α,β-unsaturated/α-hetero) is 2. The van der Waals surface area contributed by atoms with Crippen molar-refractivity contribution >= 4 is 23.4 Å². The molecule has 0 bridgehead atoms. The number of nitrogens with zero attached hydrogens (tertiary/aromatic N) is 1. The van der Waals surface area contributed by atoms with E-state index < -0.39 is 23.6 Å². The fraction of sp³-hybridized carbons (Fsp3) is 0.429. The Bertz CT molecular complexity index is 870. The summed E-state index contributed by atoms with van der Waals surface area (Å²) in [6, 6.07) is 3.83. The molecular formula is C21H21NO7. The second kappa shape index (κ2) is 9.45. The van der Waals surface area contributed by atoms with Gasteiger partial charge in [0.05, 0.1) is 43.4 Å². The Balaban J connectivity index is 1.62. The second-order valence-corrected chi connectivity index (χ2v) is 6.61. The van der Waals surface area contributed by atoms with Gasteiger partial charge in [-0.05, 0) is 18.6 Å². The lowest BCUT2D eigenvalue weighted by atomic mass is 9.92. The van der Waals surface area contributed by atoms with Crippen molar-refractivity contribution in [1.82, 2.24) is 4.90 Å². The van der Waals surface area contributed by atoms with E-state index in [1.807, 2.05) is 0 Å². The van der Waals surface area contributed by atoms with Crippen LogP contribution in [0, 0.1) is 12.3 Å². The number of imide groups is 1. The first-order chi connectivity index (χ1) is 14.0. The van der Waals surface area contributed by atoms with Gasteiger partial charge in [0.2, 0.25) is 0 Å². The molecule has 1 aliphatic carbocycles. The number of terminal acetylenes is 1. The molecule has 0 saturated heterocycles. The van der Waals surface area contributed by atoms with Crippen LogP contribution in [0.3, 0.4) is 0 Å². The van der Waals surface area contributed by atoms with Crippen LogP contribution in [0.2, 0.25) is 0 Å². The van der Waals surface area contributed by atoms with Gasteiger partial charge >= 0.3 is 0 Å². The van der Waals surface area contributed by atoms with Gasteiger partial charge in [0.15, 0.2) is 5.78 Å². The summed E-state index contributed by atoms with van der Waals surface area (Å²) in [5.41, 5.74) is 0.334. The lowest BCUT2D eigenvalue weighted by Gasteiger charge is -2.27. The topological polar surface area (TPSA) is 99.2 Å². The molecule has 3 rings (SSSR count). The maximum atomic E-state index is 12.9. The number of hydrogen-bond donors (Lipinski definition) is 0. The zero-order valence-corrected chi connectivity index (χ0v) is 15.8. The lowest BCUT2D eigenvalue weighted by molar-refractivity contribution is -0.132. The van der Waals surface area contributed by atoms with Crippen molar-refractivity contribution in [3.05, 3.63) is 29.3 Å². The highest BCUT2D eigenvalue weighted by atomic mass is 16.5. The van der Waals surface area contributed by atoms with Crippen molar-refractivity contribution < 1.29 is 33.4 Å². The predicted molar refractivity (Wildman–Crippen MR) is 101 cm³/mol. The van der Waals surface area contributed by atoms with E-state index in [2.05, 4.69) is 5.92 Å². The number of ether oxygens (including phenoxy) is 3. The van der Waals surface area contributed by atoms with E-state index in [1.54, 1.807) is 12.1 Å². The molecule has 0 spiro atoms. The van der Waals surface area contributed by atoms with Gasteiger partial charge in [-0.3, -0.25) is 24.1 Å². The van der Waals surface area contributed by atoms with Gasteiger partial charge in [0, 0.05) is 6.42 Å². The average Bonchev–Trinajstić information content (AvgIpc) is 2.95. The summed E-state index contributed by atoms with van der Waals surface area (Å²) in [5.74, 6) is 0.927. The number of amides is 2. The number of fused-ring (bicyclic) bond motifs is 1. The Hall–Kier alpha value is -3.02. The van der Waals surface area contributed by atoms with E-state index in [0.717, 1.165) is 4.90 Å². The molecule has 0 aromatic heterocycles. The van der Waals surface area contributed by atoms with Crippen LogP contribution in [0.4, 0.5) is 0 Å². The molecule has 1 unspecified atom stereocenters. The quantitative estimate of drug-likeness (QED) is 0.265. The summed E-state index contributed by atoms with van der Waals surface area (Å²) in [7, 11) is 0. The molecular weight excluding hydrogens is 378 g/mol. The van der Waals surface area contributed by atoms with Crippen molar-refractivity contribution in [2.24, 2.45) is 0 Å². The Morgan fingerprint density at radius 3 is 2.55 bits per heavy atom. The third-order valence-corrected chi connectivity index (χ3v) is 4.70. The molecule has 1 aromatic rings. The minimum absolute atomic E-state index is 0.138. The van der Waals surface area contributed by atoms with Crippen molar-refractivity contribution in [2.75, 3.05) is 33.0 Å². The molecule has 1 aromatic carbocycles. The van der Waals surface area contributed by atoms with Crippen molar-refractivity contribution in [1.29, 1.82) is 0 Å². The van der Waals surface area contributed by atoms with Crippen LogP contribution in [0.25, 0.3) is 0 Å². The molecule has 8 nitrogen and oxygen atoms in total. The normalized spacial score (nSPS) is 18.7. The summed E-state index contributed by atoms with van der Waals surface area (Å²) in [6.07, 6.45) is 5.16. The molecule has 1 saturated carbocycles. The SMILES string of the molecule is C#CCOCCOCCOc1cccc2c1C(=O)N(C1CCC(=O)CC1=O)C2=O. The van der Waals surface area contributed by atoms with Crippen LogP contribution < -0.4 is 4.74 Å². The van der Waals surface area contributed by atoms with Crippen molar-refractivity contribution in [2.45, 2.75) is 25.3 Å². The van der Waals surface area contributed by atoms with Gasteiger partial charge in [-0.25, -0.2) is 0 Å². The smallest absolute Gasteiger partial charge is 0.266 e. The van der Waals surface area contributed by atoms with Crippen LogP contribution in [-0.4, -0.2) is 67.4 Å². The van der Waals surface area contributed by atoms with Crippen LogP contribution in [0.1, 0.15) is 40.0 Å². The van der Waals surface area contributed by atoms with Gasteiger partial charge < -0.3 is 14.2 Å². The number of ketones is 2.